The second-order valence-corrected chi connectivity index (χ2v) is 9.98. The molecule has 0 bridgehead atoms. The van der Waals surface area contributed by atoms with Gasteiger partial charge in [-0.25, -0.2) is 13.4 Å². The quantitative estimate of drug-likeness (QED) is 0.411. The molecule has 1 aliphatic rings. The van der Waals surface area contributed by atoms with E-state index in [0.717, 1.165) is 4.70 Å². The summed E-state index contributed by atoms with van der Waals surface area (Å²) in [5.74, 6) is 1.29. The zero-order valence-corrected chi connectivity index (χ0v) is 19.5. The van der Waals surface area contributed by atoms with E-state index in [9.17, 15) is 13.2 Å². The summed E-state index contributed by atoms with van der Waals surface area (Å²) in [6, 6.07) is 15.9. The van der Waals surface area contributed by atoms with E-state index in [0.29, 0.717) is 41.1 Å². The van der Waals surface area contributed by atoms with Gasteiger partial charge < -0.3 is 14.2 Å². The van der Waals surface area contributed by atoms with Crippen LogP contribution < -0.4 is 24.2 Å². The average Bonchev–Trinajstić information content (AvgIpc) is 3.23. The molecule has 9 nitrogen and oxygen atoms in total. The van der Waals surface area contributed by atoms with Gasteiger partial charge in [-0.1, -0.05) is 23.5 Å². The van der Waals surface area contributed by atoms with Gasteiger partial charge in [0.15, 0.2) is 16.6 Å². The number of ether oxygens (including phenoxy) is 3. The first-order valence-corrected chi connectivity index (χ1v) is 12.5. The summed E-state index contributed by atoms with van der Waals surface area (Å²) < 4.78 is 45.3. The Bertz CT molecular complexity index is 1440. The van der Waals surface area contributed by atoms with Gasteiger partial charge in [0.25, 0.3) is 15.9 Å². The maximum absolute atomic E-state index is 13.0. The number of carbonyl (C=O) groups excluding carboxylic acids is 1. The minimum Gasteiger partial charge on any atom is -0.497 e. The van der Waals surface area contributed by atoms with Crippen LogP contribution in [0.3, 0.4) is 0 Å². The van der Waals surface area contributed by atoms with E-state index in [1.165, 1.54) is 42.7 Å². The molecule has 1 amide bonds. The van der Waals surface area contributed by atoms with Gasteiger partial charge in [-0.3, -0.25) is 14.8 Å². The van der Waals surface area contributed by atoms with Crippen LogP contribution in [-0.2, 0) is 10.0 Å². The summed E-state index contributed by atoms with van der Waals surface area (Å²) in [4.78, 5) is 17.5. The number of thiazole rings is 1. The second kappa shape index (κ2) is 8.84. The molecule has 0 atom stereocenters. The summed E-state index contributed by atoms with van der Waals surface area (Å²) in [5, 5.41) is 3.13. The van der Waals surface area contributed by atoms with Crippen molar-refractivity contribution >= 4 is 48.3 Å². The molecule has 1 aromatic heterocycles. The summed E-state index contributed by atoms with van der Waals surface area (Å²) in [5.41, 5.74) is 0.969. The lowest BCUT2D eigenvalue weighted by Crippen LogP contribution is -2.18. The Morgan fingerprint density at radius 3 is 2.47 bits per heavy atom. The summed E-state index contributed by atoms with van der Waals surface area (Å²) >= 11 is 1.28. The molecule has 3 aromatic carbocycles. The van der Waals surface area contributed by atoms with Crippen molar-refractivity contribution in [1.82, 2.24) is 4.98 Å². The van der Waals surface area contributed by atoms with Crippen LogP contribution in [0.4, 0.5) is 10.8 Å². The third-order valence-corrected chi connectivity index (χ3v) is 7.37. The van der Waals surface area contributed by atoms with E-state index in [1.54, 1.807) is 30.3 Å². The smallest absolute Gasteiger partial charge is 0.261 e. The number of fused-ring (bicyclic) bond motifs is 2. The standard InChI is InChI=1S/C23H19N3O6S2/c1-30-14-6-8-15(9-7-14)34(28,29)26-17-5-3-2-4-16(17)22(27)25-23-24-18-12-19-20(13-21(18)33-23)32-11-10-31-19/h2-9,12-13,26H,10-11H2,1H3,(H,24,25,27). The Hall–Kier alpha value is -3.83. The Labute approximate surface area is 199 Å². The van der Waals surface area contributed by atoms with Gasteiger partial charge in [-0.2, -0.15) is 0 Å². The SMILES string of the molecule is COc1ccc(S(=O)(=O)Nc2ccccc2C(=O)Nc2nc3cc4c(cc3s2)OCCO4)cc1. The third-order valence-electron chi connectivity index (χ3n) is 5.06. The van der Waals surface area contributed by atoms with Crippen molar-refractivity contribution in [3.8, 4) is 17.2 Å². The lowest BCUT2D eigenvalue weighted by atomic mass is 10.2. The Morgan fingerprint density at radius 1 is 1.03 bits per heavy atom. The van der Waals surface area contributed by atoms with Crippen LogP contribution in [0.5, 0.6) is 17.2 Å². The van der Waals surface area contributed by atoms with Crippen molar-refractivity contribution in [3.05, 3.63) is 66.2 Å². The van der Waals surface area contributed by atoms with Crippen molar-refractivity contribution < 1.29 is 27.4 Å². The van der Waals surface area contributed by atoms with Gasteiger partial charge in [-0.05, 0) is 36.4 Å². The molecular formula is C23H19N3O6S2. The highest BCUT2D eigenvalue weighted by Gasteiger charge is 2.20. The normalized spacial score (nSPS) is 12.9. The third kappa shape index (κ3) is 4.35. The molecular weight excluding hydrogens is 478 g/mol. The summed E-state index contributed by atoms with van der Waals surface area (Å²) in [6.07, 6.45) is 0. The fourth-order valence-corrected chi connectivity index (χ4v) is 5.36. The first-order valence-electron chi connectivity index (χ1n) is 10.2. The zero-order chi connectivity index (χ0) is 23.7. The first kappa shape index (κ1) is 22.0. The van der Waals surface area contributed by atoms with Crippen LogP contribution >= 0.6 is 11.3 Å². The average molecular weight is 498 g/mol. The second-order valence-electron chi connectivity index (χ2n) is 7.26. The number of anilines is 2. The van der Waals surface area contributed by atoms with Crippen LogP contribution in [0.25, 0.3) is 10.2 Å². The van der Waals surface area contributed by atoms with Crippen molar-refractivity contribution in [3.63, 3.8) is 0 Å². The number of sulfonamides is 1. The number of para-hydroxylation sites is 1. The molecule has 174 valence electrons. The number of carbonyl (C=O) groups is 1. The predicted molar refractivity (Wildman–Crippen MR) is 129 cm³/mol. The van der Waals surface area contributed by atoms with Gasteiger partial charge in [0.1, 0.15) is 19.0 Å². The topological polar surface area (TPSA) is 116 Å². The van der Waals surface area contributed by atoms with E-state index in [-0.39, 0.29) is 16.1 Å². The predicted octanol–water partition coefficient (Wildman–Crippen LogP) is 4.13. The van der Waals surface area contributed by atoms with E-state index in [2.05, 4.69) is 15.0 Å². The monoisotopic (exact) mass is 497 g/mol. The lowest BCUT2D eigenvalue weighted by Gasteiger charge is -2.17. The number of rotatable bonds is 6. The fourth-order valence-electron chi connectivity index (χ4n) is 3.41. The molecule has 34 heavy (non-hydrogen) atoms. The lowest BCUT2D eigenvalue weighted by molar-refractivity contribution is 0.102. The molecule has 5 rings (SSSR count). The maximum atomic E-state index is 13.0. The van der Waals surface area contributed by atoms with Crippen LogP contribution in [0.15, 0.2) is 65.6 Å². The first-order chi connectivity index (χ1) is 16.4. The van der Waals surface area contributed by atoms with Crippen molar-refractivity contribution in [2.24, 2.45) is 0 Å². The van der Waals surface area contributed by atoms with Crippen LogP contribution in [0, 0.1) is 0 Å². The van der Waals surface area contributed by atoms with Crippen LogP contribution in [-0.4, -0.2) is 39.6 Å². The van der Waals surface area contributed by atoms with Crippen molar-refractivity contribution in [2.45, 2.75) is 4.90 Å². The number of amides is 1. The van der Waals surface area contributed by atoms with Gasteiger partial charge in [0, 0.05) is 12.1 Å². The molecule has 2 heterocycles. The molecule has 2 N–H and O–H groups in total. The van der Waals surface area contributed by atoms with Gasteiger partial charge in [0.05, 0.1) is 33.5 Å². The van der Waals surface area contributed by atoms with Crippen molar-refractivity contribution in [2.75, 3.05) is 30.4 Å². The van der Waals surface area contributed by atoms with Gasteiger partial charge >= 0.3 is 0 Å². The highest BCUT2D eigenvalue weighted by atomic mass is 32.2. The molecule has 4 aromatic rings. The van der Waals surface area contributed by atoms with Gasteiger partial charge in [-0.15, -0.1) is 0 Å². The molecule has 0 fully saturated rings. The number of nitrogens with zero attached hydrogens (tertiary/aromatic N) is 1. The molecule has 11 heteroatoms. The summed E-state index contributed by atoms with van der Waals surface area (Å²) in [7, 11) is -2.43. The summed E-state index contributed by atoms with van der Waals surface area (Å²) in [6.45, 7) is 0.944. The highest BCUT2D eigenvalue weighted by Crippen LogP contribution is 2.38. The molecule has 0 saturated carbocycles. The molecule has 0 radical (unpaired) electrons. The zero-order valence-electron chi connectivity index (χ0n) is 17.9. The highest BCUT2D eigenvalue weighted by molar-refractivity contribution is 7.92. The largest absolute Gasteiger partial charge is 0.497 e. The molecule has 0 spiro atoms. The van der Waals surface area contributed by atoms with Crippen molar-refractivity contribution in [1.29, 1.82) is 0 Å². The molecule has 0 unspecified atom stereocenters. The van der Waals surface area contributed by atoms with Crippen LogP contribution in [0.1, 0.15) is 10.4 Å². The maximum Gasteiger partial charge on any atom is 0.261 e. The van der Waals surface area contributed by atoms with Crippen LogP contribution in [0.2, 0.25) is 0 Å². The minimum atomic E-state index is -3.92. The molecule has 0 aliphatic carbocycles. The Morgan fingerprint density at radius 2 is 1.74 bits per heavy atom. The van der Waals surface area contributed by atoms with E-state index in [1.807, 2.05) is 6.07 Å². The number of benzene rings is 3. The van der Waals surface area contributed by atoms with E-state index >= 15 is 0 Å². The Balaban J connectivity index is 1.39. The van der Waals surface area contributed by atoms with Gasteiger partial charge in [0.2, 0.25) is 0 Å². The number of hydrogen-bond donors (Lipinski definition) is 2. The fraction of sp³-hybridized carbons (Fsp3) is 0.130. The number of aromatic nitrogens is 1. The molecule has 0 saturated heterocycles. The number of nitrogens with one attached hydrogen (secondary N) is 2. The Kier molecular flexibility index (Phi) is 5.72. The van der Waals surface area contributed by atoms with E-state index < -0.39 is 15.9 Å². The van der Waals surface area contributed by atoms with E-state index in [4.69, 9.17) is 14.2 Å². The number of hydrogen-bond acceptors (Lipinski definition) is 8. The number of methoxy groups -OCH3 is 1. The minimum absolute atomic E-state index is 0.0445. The molecule has 1 aliphatic heterocycles.